The van der Waals surface area contributed by atoms with Gasteiger partial charge in [0.1, 0.15) is 5.82 Å². The second-order valence-corrected chi connectivity index (χ2v) is 4.49. The first-order chi connectivity index (χ1) is 8.22. The van der Waals surface area contributed by atoms with Crippen LogP contribution in [0.1, 0.15) is 17.3 Å². The van der Waals surface area contributed by atoms with Crippen LogP contribution in [0.3, 0.4) is 0 Å². The summed E-state index contributed by atoms with van der Waals surface area (Å²) in [6.07, 6.45) is 3.77. The summed E-state index contributed by atoms with van der Waals surface area (Å²) in [4.78, 5) is 4.21. The predicted molar refractivity (Wildman–Crippen MR) is 70.2 cm³/mol. The number of benzene rings is 1. The first-order valence-corrected chi connectivity index (χ1v) is 6.02. The molecule has 1 unspecified atom stereocenters. The van der Waals surface area contributed by atoms with Crippen molar-refractivity contribution >= 4 is 11.6 Å². The second kappa shape index (κ2) is 5.34. The fourth-order valence-corrected chi connectivity index (χ4v) is 2.23. The highest BCUT2D eigenvalue weighted by molar-refractivity contribution is 6.31. The maximum absolute atomic E-state index is 6.20. The molecular formula is C13H16ClN3. The molecule has 0 bridgehead atoms. The zero-order valence-corrected chi connectivity index (χ0v) is 10.6. The molecule has 1 heterocycles. The molecule has 0 fully saturated rings. The molecule has 1 aromatic heterocycles. The molecular weight excluding hydrogens is 234 g/mol. The van der Waals surface area contributed by atoms with E-state index < -0.39 is 0 Å². The molecule has 2 N–H and O–H groups in total. The van der Waals surface area contributed by atoms with E-state index in [0.29, 0.717) is 6.54 Å². The van der Waals surface area contributed by atoms with Gasteiger partial charge in [0.25, 0.3) is 0 Å². The fraction of sp³-hybridized carbons (Fsp3) is 0.308. The number of rotatable bonds is 4. The molecule has 0 radical (unpaired) electrons. The first-order valence-electron chi connectivity index (χ1n) is 5.64. The number of aryl methyl sites for hydroxylation is 1. The van der Waals surface area contributed by atoms with Gasteiger partial charge in [-0.2, -0.15) is 0 Å². The molecule has 0 saturated carbocycles. The Morgan fingerprint density at radius 2 is 2.18 bits per heavy atom. The van der Waals surface area contributed by atoms with Crippen molar-refractivity contribution in [1.29, 1.82) is 0 Å². The van der Waals surface area contributed by atoms with Gasteiger partial charge in [0.05, 0.1) is 0 Å². The highest BCUT2D eigenvalue weighted by Crippen LogP contribution is 2.25. The van der Waals surface area contributed by atoms with E-state index in [9.17, 15) is 0 Å². The minimum absolute atomic E-state index is 0.219. The van der Waals surface area contributed by atoms with E-state index in [2.05, 4.69) is 9.55 Å². The van der Waals surface area contributed by atoms with Gasteiger partial charge in [0.15, 0.2) is 0 Å². The minimum atomic E-state index is 0.219. The first kappa shape index (κ1) is 12.1. The zero-order valence-electron chi connectivity index (χ0n) is 9.81. The van der Waals surface area contributed by atoms with Crippen LogP contribution in [0.4, 0.5) is 0 Å². The van der Waals surface area contributed by atoms with Crippen molar-refractivity contribution in [2.24, 2.45) is 5.73 Å². The summed E-state index contributed by atoms with van der Waals surface area (Å²) in [5.74, 6) is 1.21. The van der Waals surface area contributed by atoms with Crippen LogP contribution in [0.5, 0.6) is 0 Å². The van der Waals surface area contributed by atoms with Crippen molar-refractivity contribution in [3.63, 3.8) is 0 Å². The second-order valence-electron chi connectivity index (χ2n) is 4.08. The lowest BCUT2D eigenvalue weighted by Gasteiger charge is -2.18. The molecule has 1 aromatic carbocycles. The Labute approximate surface area is 106 Å². The van der Waals surface area contributed by atoms with Gasteiger partial charge in [0.2, 0.25) is 0 Å². The zero-order chi connectivity index (χ0) is 12.3. The van der Waals surface area contributed by atoms with Crippen LogP contribution >= 0.6 is 11.6 Å². The van der Waals surface area contributed by atoms with Gasteiger partial charge >= 0.3 is 0 Å². The van der Waals surface area contributed by atoms with Crippen molar-refractivity contribution in [2.75, 3.05) is 6.54 Å². The molecule has 3 nitrogen and oxygen atoms in total. The summed E-state index contributed by atoms with van der Waals surface area (Å²) < 4.78 is 2.10. The van der Waals surface area contributed by atoms with E-state index >= 15 is 0 Å². The van der Waals surface area contributed by atoms with E-state index in [1.807, 2.05) is 37.4 Å². The van der Waals surface area contributed by atoms with Crippen molar-refractivity contribution in [2.45, 2.75) is 19.4 Å². The van der Waals surface area contributed by atoms with Crippen LogP contribution in [0.2, 0.25) is 5.02 Å². The number of hydrogen-bond donors (Lipinski definition) is 1. The number of imidazole rings is 1. The summed E-state index contributed by atoms with van der Waals surface area (Å²) in [5.41, 5.74) is 6.95. The van der Waals surface area contributed by atoms with Gasteiger partial charge in [-0.3, -0.25) is 0 Å². The monoisotopic (exact) mass is 249 g/mol. The molecule has 0 aliphatic heterocycles. The number of hydrogen-bond acceptors (Lipinski definition) is 2. The third kappa shape index (κ3) is 2.68. The molecule has 17 heavy (non-hydrogen) atoms. The average Bonchev–Trinajstić information content (AvgIpc) is 2.73. The standard InChI is InChI=1S/C13H16ClN3/c1-10-16-6-7-17(10)9-11(8-15)12-4-2-3-5-13(12)14/h2-7,11H,8-9,15H2,1H3. The SMILES string of the molecule is Cc1nccn1CC(CN)c1ccccc1Cl. The molecule has 90 valence electrons. The molecule has 4 heteroatoms. The molecule has 0 aliphatic rings. The van der Waals surface area contributed by atoms with Crippen molar-refractivity contribution in [3.8, 4) is 0 Å². The van der Waals surface area contributed by atoms with E-state index in [4.69, 9.17) is 17.3 Å². The summed E-state index contributed by atoms with van der Waals surface area (Å²) >= 11 is 6.20. The fourth-order valence-electron chi connectivity index (χ4n) is 1.94. The topological polar surface area (TPSA) is 43.8 Å². The van der Waals surface area contributed by atoms with Crippen LogP contribution in [-0.4, -0.2) is 16.1 Å². The smallest absolute Gasteiger partial charge is 0.105 e. The normalized spacial score (nSPS) is 12.6. The molecule has 2 rings (SSSR count). The Morgan fingerprint density at radius 3 is 2.76 bits per heavy atom. The molecule has 0 saturated heterocycles. The molecule has 0 amide bonds. The predicted octanol–water partition coefficient (Wildman–Crippen LogP) is 2.59. The average molecular weight is 250 g/mol. The Balaban J connectivity index is 2.23. The van der Waals surface area contributed by atoms with Crippen molar-refractivity contribution in [3.05, 3.63) is 53.1 Å². The van der Waals surface area contributed by atoms with Gasteiger partial charge in [-0.05, 0) is 18.6 Å². The lowest BCUT2D eigenvalue weighted by molar-refractivity contribution is 0.556. The Kier molecular flexibility index (Phi) is 3.82. The maximum Gasteiger partial charge on any atom is 0.105 e. The molecule has 0 aliphatic carbocycles. The van der Waals surface area contributed by atoms with Gasteiger partial charge < -0.3 is 10.3 Å². The summed E-state index contributed by atoms with van der Waals surface area (Å²) in [6, 6.07) is 7.86. The Morgan fingerprint density at radius 1 is 1.41 bits per heavy atom. The van der Waals surface area contributed by atoms with E-state index in [1.54, 1.807) is 6.20 Å². The third-order valence-electron chi connectivity index (χ3n) is 2.97. The lowest BCUT2D eigenvalue weighted by atomic mass is 9.99. The molecule has 2 aromatic rings. The van der Waals surface area contributed by atoms with Crippen LogP contribution in [-0.2, 0) is 6.54 Å². The Hall–Kier alpha value is -1.32. The van der Waals surface area contributed by atoms with Gasteiger partial charge in [-0.15, -0.1) is 0 Å². The quantitative estimate of drug-likeness (QED) is 0.905. The number of nitrogens with zero attached hydrogens (tertiary/aromatic N) is 2. The Bertz CT molecular complexity index is 493. The van der Waals surface area contributed by atoms with Gasteiger partial charge in [-0.1, -0.05) is 29.8 Å². The highest BCUT2D eigenvalue weighted by Gasteiger charge is 2.14. The summed E-state index contributed by atoms with van der Waals surface area (Å²) in [6.45, 7) is 3.37. The van der Waals surface area contributed by atoms with Crippen LogP contribution in [0.15, 0.2) is 36.7 Å². The number of nitrogens with two attached hydrogens (primary N) is 1. The van der Waals surface area contributed by atoms with E-state index in [-0.39, 0.29) is 5.92 Å². The van der Waals surface area contributed by atoms with Crippen molar-refractivity contribution in [1.82, 2.24) is 9.55 Å². The van der Waals surface area contributed by atoms with Crippen LogP contribution < -0.4 is 5.73 Å². The van der Waals surface area contributed by atoms with Gasteiger partial charge in [0, 0.05) is 36.4 Å². The number of aromatic nitrogens is 2. The third-order valence-corrected chi connectivity index (χ3v) is 3.31. The summed E-state index contributed by atoms with van der Waals surface area (Å²) in [7, 11) is 0. The van der Waals surface area contributed by atoms with E-state index in [0.717, 1.165) is 23.0 Å². The maximum atomic E-state index is 6.20. The lowest BCUT2D eigenvalue weighted by Crippen LogP contribution is -2.19. The van der Waals surface area contributed by atoms with Crippen LogP contribution in [0, 0.1) is 6.92 Å². The minimum Gasteiger partial charge on any atom is -0.335 e. The van der Waals surface area contributed by atoms with Gasteiger partial charge in [-0.25, -0.2) is 4.98 Å². The van der Waals surface area contributed by atoms with E-state index in [1.165, 1.54) is 0 Å². The molecule has 1 atom stereocenters. The van der Waals surface area contributed by atoms with Crippen molar-refractivity contribution < 1.29 is 0 Å². The largest absolute Gasteiger partial charge is 0.335 e. The molecule has 0 spiro atoms. The highest BCUT2D eigenvalue weighted by atomic mass is 35.5. The summed E-state index contributed by atoms with van der Waals surface area (Å²) in [5, 5.41) is 0.778. The van der Waals surface area contributed by atoms with Crippen LogP contribution in [0.25, 0.3) is 0 Å². The number of halogens is 1.